The lowest BCUT2D eigenvalue weighted by Gasteiger charge is -2.29. The predicted octanol–water partition coefficient (Wildman–Crippen LogP) is 3.37. The van der Waals surface area contributed by atoms with Crippen molar-refractivity contribution in [3.63, 3.8) is 0 Å². The number of rotatable bonds is 2. The van der Waals surface area contributed by atoms with Gasteiger partial charge >= 0.3 is 0 Å². The van der Waals surface area contributed by atoms with Crippen LogP contribution < -0.4 is 5.73 Å². The van der Waals surface area contributed by atoms with Gasteiger partial charge in [0, 0.05) is 28.8 Å². The van der Waals surface area contributed by atoms with Crippen LogP contribution in [0.1, 0.15) is 21.5 Å². The molecule has 0 saturated carbocycles. The number of hydrogen-bond donors (Lipinski definition) is 1. The van der Waals surface area contributed by atoms with Crippen LogP contribution in [0.3, 0.4) is 0 Å². The van der Waals surface area contributed by atoms with Crippen LogP contribution in [0, 0.1) is 5.82 Å². The molecule has 3 rings (SSSR count). The fourth-order valence-electron chi connectivity index (χ4n) is 2.56. The van der Waals surface area contributed by atoms with E-state index in [9.17, 15) is 9.18 Å². The molecule has 0 radical (unpaired) electrons. The maximum atomic E-state index is 13.3. The highest BCUT2D eigenvalue weighted by Gasteiger charge is 2.25. The van der Waals surface area contributed by atoms with Gasteiger partial charge in [0.05, 0.1) is 0 Å². The number of nitrogen functional groups attached to an aromatic ring is 1. The van der Waals surface area contributed by atoms with Gasteiger partial charge in [-0.1, -0.05) is 22.0 Å². The van der Waals surface area contributed by atoms with E-state index in [1.165, 1.54) is 12.1 Å². The lowest BCUT2D eigenvalue weighted by atomic mass is 9.98. The SMILES string of the molecule is Nc1ccc2c(c1)C(=O)N(Cc1cc(F)ccc1Br)CC2. The minimum Gasteiger partial charge on any atom is -0.399 e. The van der Waals surface area contributed by atoms with Crippen LogP contribution in [-0.2, 0) is 13.0 Å². The van der Waals surface area contributed by atoms with Gasteiger partial charge in [0.1, 0.15) is 5.82 Å². The van der Waals surface area contributed by atoms with Crippen LogP contribution in [0.15, 0.2) is 40.9 Å². The average Bonchev–Trinajstić information content (AvgIpc) is 2.46. The quantitative estimate of drug-likeness (QED) is 0.845. The van der Waals surface area contributed by atoms with E-state index >= 15 is 0 Å². The summed E-state index contributed by atoms with van der Waals surface area (Å²) in [6, 6.07) is 9.92. The third-order valence-electron chi connectivity index (χ3n) is 3.67. The number of halogens is 2. The highest BCUT2D eigenvalue weighted by Crippen LogP contribution is 2.25. The normalized spacial score (nSPS) is 14.2. The third kappa shape index (κ3) is 2.78. The van der Waals surface area contributed by atoms with Crippen LogP contribution in [0.25, 0.3) is 0 Å². The number of hydrogen-bond acceptors (Lipinski definition) is 2. The fourth-order valence-corrected chi connectivity index (χ4v) is 2.93. The van der Waals surface area contributed by atoms with Gasteiger partial charge in [0.25, 0.3) is 5.91 Å². The third-order valence-corrected chi connectivity index (χ3v) is 4.45. The van der Waals surface area contributed by atoms with Crippen molar-refractivity contribution in [3.8, 4) is 0 Å². The van der Waals surface area contributed by atoms with Crippen LogP contribution in [0.2, 0.25) is 0 Å². The monoisotopic (exact) mass is 348 g/mol. The largest absolute Gasteiger partial charge is 0.399 e. The summed E-state index contributed by atoms with van der Waals surface area (Å²) in [5, 5.41) is 0. The second kappa shape index (κ2) is 5.48. The van der Waals surface area contributed by atoms with Crippen molar-refractivity contribution >= 4 is 27.5 Å². The van der Waals surface area contributed by atoms with Gasteiger partial charge in [0.15, 0.2) is 0 Å². The van der Waals surface area contributed by atoms with Crippen molar-refractivity contribution in [2.24, 2.45) is 0 Å². The maximum Gasteiger partial charge on any atom is 0.254 e. The number of nitrogens with two attached hydrogens (primary N) is 1. The first-order valence-corrected chi connectivity index (χ1v) is 7.45. The summed E-state index contributed by atoms with van der Waals surface area (Å²) in [5.41, 5.74) is 8.76. The Morgan fingerprint density at radius 3 is 2.86 bits per heavy atom. The highest BCUT2D eigenvalue weighted by molar-refractivity contribution is 9.10. The summed E-state index contributed by atoms with van der Waals surface area (Å²) < 4.78 is 14.2. The Morgan fingerprint density at radius 2 is 2.05 bits per heavy atom. The molecule has 0 unspecified atom stereocenters. The molecule has 1 amide bonds. The molecule has 0 atom stereocenters. The van der Waals surface area contributed by atoms with Crippen molar-refractivity contribution < 1.29 is 9.18 Å². The van der Waals surface area contributed by atoms with E-state index in [4.69, 9.17) is 5.73 Å². The van der Waals surface area contributed by atoms with Crippen molar-refractivity contribution in [1.29, 1.82) is 0 Å². The van der Waals surface area contributed by atoms with E-state index in [2.05, 4.69) is 15.9 Å². The Labute approximate surface area is 130 Å². The van der Waals surface area contributed by atoms with Gasteiger partial charge in [-0.3, -0.25) is 4.79 Å². The first-order valence-electron chi connectivity index (χ1n) is 6.66. The molecule has 0 aromatic heterocycles. The second-order valence-corrected chi connectivity index (χ2v) is 5.98. The van der Waals surface area contributed by atoms with Crippen LogP contribution in [-0.4, -0.2) is 17.4 Å². The molecule has 1 aliphatic heterocycles. The molecule has 21 heavy (non-hydrogen) atoms. The zero-order valence-corrected chi connectivity index (χ0v) is 12.9. The molecule has 1 heterocycles. The minimum atomic E-state index is -0.303. The van der Waals surface area contributed by atoms with Gasteiger partial charge in [0.2, 0.25) is 0 Å². The summed E-state index contributed by atoms with van der Waals surface area (Å²) in [4.78, 5) is 14.3. The molecule has 2 aromatic carbocycles. The number of carbonyl (C=O) groups excluding carboxylic acids is 1. The molecule has 0 saturated heterocycles. The summed E-state index contributed by atoms with van der Waals surface area (Å²) >= 11 is 3.40. The Bertz CT molecular complexity index is 717. The lowest BCUT2D eigenvalue weighted by molar-refractivity contribution is 0.0726. The van der Waals surface area contributed by atoms with Crippen LogP contribution in [0.5, 0.6) is 0 Å². The summed E-state index contributed by atoms with van der Waals surface area (Å²) in [6.07, 6.45) is 0.786. The standard InChI is InChI=1S/C16H14BrFN2O/c17-15-4-2-12(18)7-11(15)9-20-6-5-10-1-3-13(19)8-14(10)16(20)21/h1-4,7-8H,5-6,9,19H2. The number of benzene rings is 2. The molecule has 1 aliphatic rings. The van der Waals surface area contributed by atoms with E-state index in [-0.39, 0.29) is 11.7 Å². The predicted molar refractivity (Wildman–Crippen MR) is 83.4 cm³/mol. The Morgan fingerprint density at radius 1 is 1.24 bits per heavy atom. The highest BCUT2D eigenvalue weighted by atomic mass is 79.9. The summed E-state index contributed by atoms with van der Waals surface area (Å²) in [5.74, 6) is -0.359. The van der Waals surface area contributed by atoms with Crippen molar-refractivity contribution in [3.05, 3.63) is 63.4 Å². The number of carbonyl (C=O) groups is 1. The molecule has 0 spiro atoms. The number of fused-ring (bicyclic) bond motifs is 1. The van der Waals surface area contributed by atoms with Gasteiger partial charge < -0.3 is 10.6 Å². The summed E-state index contributed by atoms with van der Waals surface area (Å²) in [6.45, 7) is 1.00. The zero-order valence-electron chi connectivity index (χ0n) is 11.3. The van der Waals surface area contributed by atoms with Crippen molar-refractivity contribution in [1.82, 2.24) is 4.90 Å². The van der Waals surface area contributed by atoms with Crippen molar-refractivity contribution in [2.75, 3.05) is 12.3 Å². The molecule has 0 fully saturated rings. The van der Waals surface area contributed by atoms with E-state index in [0.717, 1.165) is 22.0 Å². The molecule has 108 valence electrons. The minimum absolute atomic E-state index is 0.0558. The van der Waals surface area contributed by atoms with Gasteiger partial charge in [-0.25, -0.2) is 4.39 Å². The van der Waals surface area contributed by atoms with E-state index < -0.39 is 0 Å². The Hall–Kier alpha value is -1.88. The Balaban J connectivity index is 1.88. The molecule has 5 heteroatoms. The van der Waals surface area contributed by atoms with Crippen LogP contribution >= 0.6 is 15.9 Å². The topological polar surface area (TPSA) is 46.3 Å². The van der Waals surface area contributed by atoms with E-state index in [1.807, 2.05) is 12.1 Å². The van der Waals surface area contributed by atoms with Gasteiger partial charge in [-0.2, -0.15) is 0 Å². The molecule has 2 N–H and O–H groups in total. The van der Waals surface area contributed by atoms with Gasteiger partial charge in [-0.05, 0) is 47.9 Å². The second-order valence-electron chi connectivity index (χ2n) is 5.13. The number of amides is 1. The Kier molecular flexibility index (Phi) is 3.68. The fraction of sp³-hybridized carbons (Fsp3) is 0.188. The first kappa shape index (κ1) is 14.1. The molecular formula is C16H14BrFN2O. The lowest BCUT2D eigenvalue weighted by Crippen LogP contribution is -2.37. The first-order chi connectivity index (χ1) is 10.0. The molecule has 0 aliphatic carbocycles. The zero-order chi connectivity index (χ0) is 15.0. The van der Waals surface area contributed by atoms with Gasteiger partial charge in [-0.15, -0.1) is 0 Å². The molecule has 0 bridgehead atoms. The average molecular weight is 349 g/mol. The molecule has 3 nitrogen and oxygen atoms in total. The smallest absolute Gasteiger partial charge is 0.254 e. The number of anilines is 1. The molecule has 2 aromatic rings. The van der Waals surface area contributed by atoms with E-state index in [1.54, 1.807) is 17.0 Å². The van der Waals surface area contributed by atoms with Crippen LogP contribution in [0.4, 0.5) is 10.1 Å². The van der Waals surface area contributed by atoms with Crippen molar-refractivity contribution in [2.45, 2.75) is 13.0 Å². The maximum absolute atomic E-state index is 13.3. The van der Waals surface area contributed by atoms with E-state index in [0.29, 0.717) is 24.3 Å². The molecular weight excluding hydrogens is 335 g/mol. The number of nitrogens with zero attached hydrogens (tertiary/aromatic N) is 1. The summed E-state index contributed by atoms with van der Waals surface area (Å²) in [7, 11) is 0.